The number of fused-ring (bicyclic) bond motifs is 2. The number of ether oxygens (including phenoxy) is 2. The van der Waals surface area contributed by atoms with Crippen LogP contribution >= 0.6 is 11.3 Å². The van der Waals surface area contributed by atoms with Crippen molar-refractivity contribution in [2.45, 2.75) is 26.8 Å². The summed E-state index contributed by atoms with van der Waals surface area (Å²) >= 11 is 1.04. The maximum Gasteiger partial charge on any atom is 0.350 e. The molecule has 0 N–H and O–H groups in total. The Kier molecular flexibility index (Phi) is 5.64. The molecule has 2 aromatic carbocycles. The van der Waals surface area contributed by atoms with Gasteiger partial charge in [0.1, 0.15) is 16.2 Å². The minimum atomic E-state index is -0.787. The molecule has 3 heterocycles. The molecule has 178 valence electrons. The van der Waals surface area contributed by atoms with E-state index in [1.807, 2.05) is 32.0 Å². The molecule has 8 nitrogen and oxygen atoms in total. The summed E-state index contributed by atoms with van der Waals surface area (Å²) in [5, 5.41) is 0.678. The molecule has 1 amide bonds. The molecule has 35 heavy (non-hydrogen) atoms. The van der Waals surface area contributed by atoms with Crippen molar-refractivity contribution in [3.05, 3.63) is 85.7 Å². The summed E-state index contributed by atoms with van der Waals surface area (Å²) in [6.45, 7) is 5.97. The third-order valence-corrected chi connectivity index (χ3v) is 7.03. The van der Waals surface area contributed by atoms with Crippen molar-refractivity contribution in [3.8, 4) is 5.75 Å². The van der Waals surface area contributed by atoms with Gasteiger partial charge in [0, 0.05) is 0 Å². The van der Waals surface area contributed by atoms with Crippen LogP contribution in [0.5, 0.6) is 5.75 Å². The van der Waals surface area contributed by atoms with Gasteiger partial charge in [0.2, 0.25) is 5.76 Å². The number of aromatic nitrogens is 1. The van der Waals surface area contributed by atoms with Gasteiger partial charge >= 0.3 is 5.97 Å². The third kappa shape index (κ3) is 3.68. The number of methoxy groups -OCH3 is 1. The zero-order valence-corrected chi connectivity index (χ0v) is 20.4. The minimum Gasteiger partial charge on any atom is -0.494 e. The molecule has 0 radical (unpaired) electrons. The molecule has 1 atom stereocenters. The Balaban J connectivity index is 1.75. The lowest BCUT2D eigenvalue weighted by Crippen LogP contribution is -2.29. The van der Waals surface area contributed by atoms with Gasteiger partial charge in [0.05, 0.1) is 36.4 Å². The normalized spacial score (nSPS) is 14.9. The molecule has 5 rings (SSSR count). The maximum absolute atomic E-state index is 13.7. The van der Waals surface area contributed by atoms with Gasteiger partial charge in [-0.3, -0.25) is 14.5 Å². The number of rotatable bonds is 5. The van der Waals surface area contributed by atoms with Gasteiger partial charge in [-0.05, 0) is 50.6 Å². The highest BCUT2D eigenvalue weighted by atomic mass is 32.1. The molecule has 0 saturated carbocycles. The van der Waals surface area contributed by atoms with E-state index in [2.05, 4.69) is 4.98 Å². The van der Waals surface area contributed by atoms with E-state index in [1.54, 1.807) is 31.2 Å². The first-order valence-corrected chi connectivity index (χ1v) is 11.8. The van der Waals surface area contributed by atoms with Crippen molar-refractivity contribution in [2.75, 3.05) is 18.6 Å². The van der Waals surface area contributed by atoms with E-state index in [0.29, 0.717) is 34.6 Å². The lowest BCUT2D eigenvalue weighted by Gasteiger charge is -2.22. The van der Waals surface area contributed by atoms with Crippen molar-refractivity contribution >= 4 is 39.3 Å². The predicted molar refractivity (Wildman–Crippen MR) is 132 cm³/mol. The highest BCUT2D eigenvalue weighted by molar-refractivity contribution is 7.17. The summed E-state index contributed by atoms with van der Waals surface area (Å²) in [6.07, 6.45) is 0. The number of anilines is 1. The Bertz CT molecular complexity index is 1540. The van der Waals surface area contributed by atoms with E-state index in [9.17, 15) is 14.4 Å². The SMILES string of the molecule is CCOc1ccc([C@@H]2c3c(oc4ccc(C)cc4c3=O)C(=O)N2c2nc(C)c(C(=O)OC)s2)cc1. The summed E-state index contributed by atoms with van der Waals surface area (Å²) in [5.41, 5.74) is 2.33. The average molecular weight is 491 g/mol. The van der Waals surface area contributed by atoms with Gasteiger partial charge in [-0.25, -0.2) is 9.78 Å². The monoisotopic (exact) mass is 490 g/mol. The van der Waals surface area contributed by atoms with E-state index in [4.69, 9.17) is 13.9 Å². The molecule has 2 aromatic heterocycles. The number of hydrogen-bond donors (Lipinski definition) is 0. The Morgan fingerprint density at radius 2 is 1.89 bits per heavy atom. The zero-order valence-electron chi connectivity index (χ0n) is 19.6. The number of carbonyl (C=O) groups is 2. The smallest absolute Gasteiger partial charge is 0.350 e. The lowest BCUT2D eigenvalue weighted by molar-refractivity contribution is 0.0605. The Labute approximate surface area is 204 Å². The summed E-state index contributed by atoms with van der Waals surface area (Å²) < 4.78 is 16.4. The fourth-order valence-electron chi connectivity index (χ4n) is 4.28. The summed E-state index contributed by atoms with van der Waals surface area (Å²) in [4.78, 5) is 45.8. The molecule has 0 fully saturated rings. The fourth-order valence-corrected chi connectivity index (χ4v) is 5.29. The van der Waals surface area contributed by atoms with Crippen LogP contribution in [0.2, 0.25) is 0 Å². The molecule has 0 spiro atoms. The van der Waals surface area contributed by atoms with Crippen LogP contribution in [0.15, 0.2) is 51.7 Å². The van der Waals surface area contributed by atoms with Crippen molar-refractivity contribution < 1.29 is 23.5 Å². The summed E-state index contributed by atoms with van der Waals surface area (Å²) in [7, 11) is 1.29. The molecule has 4 aromatic rings. The molecule has 0 bridgehead atoms. The van der Waals surface area contributed by atoms with Crippen LogP contribution in [-0.4, -0.2) is 30.6 Å². The number of hydrogen-bond acceptors (Lipinski definition) is 8. The summed E-state index contributed by atoms with van der Waals surface area (Å²) in [6, 6.07) is 11.7. The lowest BCUT2D eigenvalue weighted by atomic mass is 9.98. The van der Waals surface area contributed by atoms with Gasteiger partial charge in [-0.15, -0.1) is 0 Å². The van der Waals surface area contributed by atoms with Gasteiger partial charge in [0.15, 0.2) is 10.6 Å². The van der Waals surface area contributed by atoms with Gasteiger partial charge in [-0.1, -0.05) is 35.1 Å². The first-order chi connectivity index (χ1) is 16.8. The van der Waals surface area contributed by atoms with E-state index in [1.165, 1.54) is 12.0 Å². The van der Waals surface area contributed by atoms with Crippen molar-refractivity contribution in [3.63, 3.8) is 0 Å². The van der Waals surface area contributed by atoms with E-state index in [0.717, 1.165) is 16.9 Å². The van der Waals surface area contributed by atoms with E-state index in [-0.39, 0.29) is 26.8 Å². The van der Waals surface area contributed by atoms with Crippen LogP contribution < -0.4 is 15.1 Å². The highest BCUT2D eigenvalue weighted by Gasteiger charge is 2.45. The first-order valence-electron chi connectivity index (χ1n) is 11.0. The van der Waals surface area contributed by atoms with Crippen LogP contribution in [-0.2, 0) is 4.74 Å². The average Bonchev–Trinajstić information content (AvgIpc) is 3.37. The maximum atomic E-state index is 13.7. The van der Waals surface area contributed by atoms with Crippen LogP contribution in [0.4, 0.5) is 5.13 Å². The van der Waals surface area contributed by atoms with Gasteiger partial charge in [0.25, 0.3) is 5.91 Å². The van der Waals surface area contributed by atoms with Crippen LogP contribution in [0.25, 0.3) is 11.0 Å². The molecule has 0 saturated heterocycles. The van der Waals surface area contributed by atoms with Crippen LogP contribution in [0.3, 0.4) is 0 Å². The standard InChI is InChI=1S/C26H22N2O6S/c1-5-33-16-9-7-15(8-10-16)20-19-21(29)17-12-13(2)6-11-18(17)34-22(19)24(30)28(20)26-27-14(3)23(35-26)25(31)32-4/h6-12,20H,5H2,1-4H3/t20-/m1/s1. The number of amides is 1. The van der Waals surface area contributed by atoms with Crippen LogP contribution in [0.1, 0.15) is 55.6 Å². The number of aryl methyl sites for hydroxylation is 2. The minimum absolute atomic E-state index is 0.0299. The summed E-state index contributed by atoms with van der Waals surface area (Å²) in [5.74, 6) is -0.392. The molecule has 0 aliphatic carbocycles. The number of esters is 1. The third-order valence-electron chi connectivity index (χ3n) is 5.89. The molecule has 1 aliphatic heterocycles. The number of benzene rings is 2. The molecule has 0 unspecified atom stereocenters. The number of nitrogens with zero attached hydrogens (tertiary/aromatic N) is 2. The molecule has 1 aliphatic rings. The molecular weight excluding hydrogens is 468 g/mol. The second-order valence-electron chi connectivity index (χ2n) is 8.16. The van der Waals surface area contributed by atoms with Crippen molar-refractivity contribution in [2.24, 2.45) is 0 Å². The fraction of sp³-hybridized carbons (Fsp3) is 0.231. The van der Waals surface area contributed by atoms with Gasteiger partial charge in [-0.2, -0.15) is 0 Å². The predicted octanol–water partition coefficient (Wildman–Crippen LogP) is 4.80. The molecular formula is C26H22N2O6S. The Morgan fingerprint density at radius 1 is 1.14 bits per heavy atom. The van der Waals surface area contributed by atoms with E-state index >= 15 is 0 Å². The Morgan fingerprint density at radius 3 is 2.57 bits per heavy atom. The highest BCUT2D eigenvalue weighted by Crippen LogP contribution is 2.43. The van der Waals surface area contributed by atoms with Crippen molar-refractivity contribution in [1.82, 2.24) is 4.98 Å². The van der Waals surface area contributed by atoms with Crippen LogP contribution in [0, 0.1) is 13.8 Å². The molecule has 9 heteroatoms. The topological polar surface area (TPSA) is 98.9 Å². The second kappa shape index (κ2) is 8.66. The van der Waals surface area contributed by atoms with E-state index < -0.39 is 17.9 Å². The number of carbonyl (C=O) groups excluding carboxylic acids is 2. The zero-order chi connectivity index (χ0) is 24.9. The van der Waals surface area contributed by atoms with Crippen molar-refractivity contribution in [1.29, 1.82) is 0 Å². The second-order valence-corrected chi connectivity index (χ2v) is 9.13. The van der Waals surface area contributed by atoms with Gasteiger partial charge < -0.3 is 13.9 Å². The Hall–Kier alpha value is -3.98. The first kappa shape index (κ1) is 22.8. The number of thiazole rings is 1. The quantitative estimate of drug-likeness (QED) is 0.371. The largest absolute Gasteiger partial charge is 0.494 e.